The predicted octanol–water partition coefficient (Wildman–Crippen LogP) is 2.68. The van der Waals surface area contributed by atoms with Crippen molar-refractivity contribution in [1.82, 2.24) is 0 Å². The van der Waals surface area contributed by atoms with Gasteiger partial charge in [-0.1, -0.05) is 0 Å². The van der Waals surface area contributed by atoms with E-state index in [1.165, 1.54) is 15.6 Å². The quantitative estimate of drug-likeness (QED) is 0.784. The number of anilines is 1. The molecule has 21 heavy (non-hydrogen) atoms. The van der Waals surface area contributed by atoms with E-state index in [0.717, 1.165) is 11.0 Å². The maximum atomic E-state index is 12.8. The molecule has 0 saturated carbocycles. The van der Waals surface area contributed by atoms with Gasteiger partial charge in [0, 0.05) is 0 Å². The van der Waals surface area contributed by atoms with Gasteiger partial charge in [0.15, 0.2) is 0 Å². The van der Waals surface area contributed by atoms with E-state index in [0.29, 0.717) is 15.0 Å². The molecule has 1 atom stereocenters. The molecule has 1 aliphatic rings. The first-order valence-corrected chi connectivity index (χ1v) is 9.16. The zero-order valence-corrected chi connectivity index (χ0v) is 14.3. The average Bonchev–Trinajstić information content (AvgIpc) is 2.69. The van der Waals surface area contributed by atoms with Crippen LogP contribution in [0.4, 0.5) is 5.69 Å². The zero-order valence-electron chi connectivity index (χ0n) is 12.6. The summed E-state index contributed by atoms with van der Waals surface area (Å²) in [6.07, 6.45) is 0. The van der Waals surface area contributed by atoms with Crippen molar-refractivity contribution < 1.29 is 4.79 Å². The second kappa shape index (κ2) is 5.32. The van der Waals surface area contributed by atoms with Gasteiger partial charge in [0.25, 0.3) is 0 Å². The Labute approximate surface area is 132 Å². The Kier molecular flexibility index (Phi) is 3.64. The van der Waals surface area contributed by atoms with E-state index in [4.69, 9.17) is 0 Å². The number of rotatable bonds is 3. The fraction of sp³-hybridized carbons (Fsp3) is 0.278. The summed E-state index contributed by atoms with van der Waals surface area (Å²) in [5.74, 6) is 0.223. The van der Waals surface area contributed by atoms with Gasteiger partial charge >= 0.3 is 132 Å². The first-order chi connectivity index (χ1) is 10.0. The van der Waals surface area contributed by atoms with E-state index >= 15 is 0 Å². The normalized spacial score (nSPS) is 20.7. The monoisotopic (exact) mass is 345 g/mol. The molecule has 0 bridgehead atoms. The molecule has 3 rings (SSSR count). The molecule has 0 radical (unpaired) electrons. The predicted molar refractivity (Wildman–Crippen MR) is 88.6 cm³/mol. The van der Waals surface area contributed by atoms with Crippen LogP contribution in [0.3, 0.4) is 0 Å². The van der Waals surface area contributed by atoms with Crippen molar-refractivity contribution in [2.24, 2.45) is 0 Å². The number of fused-ring (bicyclic) bond motifs is 1. The first-order valence-electron chi connectivity index (χ1n) is 7.09. The van der Waals surface area contributed by atoms with Gasteiger partial charge in [0.1, 0.15) is 0 Å². The number of nitrogens with zero attached hydrogens (tertiary/aromatic N) is 1. The molecule has 0 spiro atoms. The van der Waals surface area contributed by atoms with Gasteiger partial charge in [-0.15, -0.1) is 0 Å². The number of carbonyl (C=O) groups excluding carboxylic acids is 1. The maximum absolute atomic E-state index is 12.8. The van der Waals surface area contributed by atoms with Crippen molar-refractivity contribution in [1.29, 1.82) is 0 Å². The van der Waals surface area contributed by atoms with Crippen molar-refractivity contribution >= 4 is 31.0 Å². The molecule has 2 aromatic carbocycles. The third-order valence-corrected chi connectivity index (χ3v) is 6.94. The number of hydrogen-bond acceptors (Lipinski definition) is 1. The third kappa shape index (κ3) is 2.41. The summed E-state index contributed by atoms with van der Waals surface area (Å²) < 4.78 is 1.35. The number of hydrogen-bond donors (Lipinski definition) is 0. The minimum atomic E-state index is -0.383. The summed E-state index contributed by atoms with van der Waals surface area (Å²) in [4.78, 5) is 14.6. The second-order valence-electron chi connectivity index (χ2n) is 5.82. The van der Waals surface area contributed by atoms with Gasteiger partial charge in [-0.25, -0.2) is 0 Å². The van der Waals surface area contributed by atoms with Crippen molar-refractivity contribution in [3.8, 4) is 0 Å². The average molecular weight is 344 g/mol. The number of carbonyl (C=O) groups is 1. The molecule has 0 fully saturated rings. The molecule has 2 nitrogen and oxygen atoms in total. The molecular formula is C18H19NOSe. The molecule has 0 N–H and O–H groups in total. The molecule has 0 aliphatic carbocycles. The fourth-order valence-electron chi connectivity index (χ4n) is 2.86. The Morgan fingerprint density at radius 1 is 1.14 bits per heavy atom. The Balaban J connectivity index is 1.93. The number of amides is 1. The van der Waals surface area contributed by atoms with Crippen LogP contribution >= 0.6 is 0 Å². The van der Waals surface area contributed by atoms with E-state index < -0.39 is 0 Å². The summed E-state index contributed by atoms with van der Waals surface area (Å²) in [5, 5.41) is 0.906. The van der Waals surface area contributed by atoms with E-state index in [9.17, 15) is 4.79 Å². The second-order valence-corrected chi connectivity index (χ2v) is 8.02. The van der Waals surface area contributed by atoms with Gasteiger partial charge in [-0.05, 0) is 0 Å². The van der Waals surface area contributed by atoms with Crippen LogP contribution in [0.1, 0.15) is 18.1 Å². The molecule has 0 saturated heterocycles. The topological polar surface area (TPSA) is 20.3 Å². The fourth-order valence-corrected chi connectivity index (χ4v) is 5.14. The molecule has 1 aliphatic heterocycles. The van der Waals surface area contributed by atoms with Gasteiger partial charge < -0.3 is 0 Å². The Hall–Kier alpha value is -1.57. The number of likely N-dealkylation sites (N-methyl/N-ethyl adjacent to an activating group) is 1. The van der Waals surface area contributed by atoms with Gasteiger partial charge in [0.2, 0.25) is 0 Å². The van der Waals surface area contributed by atoms with E-state index in [1.54, 1.807) is 0 Å². The van der Waals surface area contributed by atoms with Crippen LogP contribution in [-0.4, -0.2) is 27.9 Å². The number of aryl methyl sites for hydroxylation is 1. The van der Waals surface area contributed by atoms with Crippen LogP contribution in [0.15, 0.2) is 48.5 Å². The Morgan fingerprint density at radius 2 is 1.86 bits per heavy atom. The Bertz CT molecular complexity index is 683. The van der Waals surface area contributed by atoms with E-state index in [-0.39, 0.29) is 11.3 Å². The van der Waals surface area contributed by atoms with Crippen molar-refractivity contribution in [3.63, 3.8) is 0 Å². The molecule has 1 heterocycles. The first kappa shape index (κ1) is 14.4. The minimum absolute atomic E-state index is 0.223. The summed E-state index contributed by atoms with van der Waals surface area (Å²) >= 11 is 0.303. The Morgan fingerprint density at radius 3 is 2.57 bits per heavy atom. The summed E-state index contributed by atoms with van der Waals surface area (Å²) in [7, 11) is 1.89. The van der Waals surface area contributed by atoms with Crippen LogP contribution in [-0.2, 0) is 10.2 Å². The molecule has 0 unspecified atom stereocenters. The van der Waals surface area contributed by atoms with Crippen LogP contribution in [0.25, 0.3) is 0 Å². The van der Waals surface area contributed by atoms with Gasteiger partial charge in [0.05, 0.1) is 0 Å². The summed E-state index contributed by atoms with van der Waals surface area (Å²) in [6, 6.07) is 16.8. The van der Waals surface area contributed by atoms with Crippen molar-refractivity contribution in [2.75, 3.05) is 11.9 Å². The summed E-state index contributed by atoms with van der Waals surface area (Å²) in [6.45, 7) is 4.19. The van der Waals surface area contributed by atoms with Gasteiger partial charge in [-0.3, -0.25) is 0 Å². The van der Waals surface area contributed by atoms with Crippen LogP contribution in [0.5, 0.6) is 0 Å². The number of benzene rings is 2. The van der Waals surface area contributed by atoms with Crippen LogP contribution < -0.4 is 9.36 Å². The zero-order chi connectivity index (χ0) is 15.0. The van der Waals surface area contributed by atoms with E-state index in [1.807, 2.05) is 18.0 Å². The summed E-state index contributed by atoms with van der Waals surface area (Å²) in [5.41, 5.74) is 3.09. The van der Waals surface area contributed by atoms with Crippen LogP contribution in [0, 0.1) is 6.92 Å². The molecule has 108 valence electrons. The molecule has 2 aromatic rings. The standard InChI is InChI=1S/C18H19NOSe/c1-13-9-10-16-15(11-13)18(2,17(20)19(16)3)12-21-14-7-5-4-6-8-14/h4-11H,12H2,1-3H3/t18-/m0/s1. The molecule has 1 amide bonds. The molecule has 3 heteroatoms. The molecule has 0 aromatic heterocycles. The van der Waals surface area contributed by atoms with Crippen molar-refractivity contribution in [3.05, 3.63) is 59.7 Å². The van der Waals surface area contributed by atoms with Crippen LogP contribution in [0.2, 0.25) is 5.32 Å². The SMILES string of the molecule is Cc1ccc2c(c1)[C@](C)(C[Se]c1ccccc1)C(=O)N2C. The molecular weight excluding hydrogens is 325 g/mol. The van der Waals surface area contributed by atoms with Gasteiger partial charge in [-0.2, -0.15) is 0 Å². The third-order valence-electron chi connectivity index (χ3n) is 4.16. The van der Waals surface area contributed by atoms with Crippen molar-refractivity contribution in [2.45, 2.75) is 24.6 Å². The van der Waals surface area contributed by atoms with E-state index in [2.05, 4.69) is 56.3 Å².